The molecule has 3 rings (SSSR count). The van der Waals surface area contributed by atoms with Crippen LogP contribution in [0, 0.1) is 0 Å². The molecule has 2 aromatic carbocycles. The zero-order valence-corrected chi connectivity index (χ0v) is 20.2. The number of halogens is 1. The largest absolute Gasteiger partial charge is 0.494 e. The average molecular weight is 485 g/mol. The van der Waals surface area contributed by atoms with Gasteiger partial charge in [-0.1, -0.05) is 23.7 Å². The molecule has 0 saturated heterocycles. The van der Waals surface area contributed by atoms with Crippen LogP contribution in [0.2, 0.25) is 5.02 Å². The first-order valence-corrected chi connectivity index (χ1v) is 11.4. The van der Waals surface area contributed by atoms with Crippen molar-refractivity contribution in [3.05, 3.63) is 59.2 Å². The molecule has 0 spiro atoms. The molecule has 9 nitrogen and oxygen atoms in total. The van der Waals surface area contributed by atoms with E-state index in [-0.39, 0.29) is 19.1 Å². The van der Waals surface area contributed by atoms with E-state index < -0.39 is 0 Å². The number of nitrogens with one attached hydrogen (secondary N) is 3. The molecule has 0 aliphatic carbocycles. The number of aliphatic hydroxyl groups is 1. The fraction of sp³-hybridized carbons (Fsp3) is 0.292. The third kappa shape index (κ3) is 6.06. The Kier molecular flexibility index (Phi) is 8.89. The first-order chi connectivity index (χ1) is 16.5. The van der Waals surface area contributed by atoms with E-state index in [0.717, 1.165) is 18.8 Å². The van der Waals surface area contributed by atoms with Crippen LogP contribution in [-0.4, -0.2) is 54.3 Å². The molecule has 0 radical (unpaired) electrons. The van der Waals surface area contributed by atoms with Crippen LogP contribution in [0.5, 0.6) is 5.75 Å². The van der Waals surface area contributed by atoms with Crippen molar-refractivity contribution < 1.29 is 14.6 Å². The van der Waals surface area contributed by atoms with Gasteiger partial charge in [0, 0.05) is 31.4 Å². The van der Waals surface area contributed by atoms with Gasteiger partial charge in [-0.15, -0.1) is 0 Å². The molecular formula is C24H29ClN6O3. The smallest absolute Gasteiger partial charge is 0.253 e. The predicted molar refractivity (Wildman–Crippen MR) is 136 cm³/mol. The van der Waals surface area contributed by atoms with Gasteiger partial charge in [0.25, 0.3) is 5.91 Å². The number of nitrogens with zero attached hydrogens (tertiary/aromatic N) is 3. The molecule has 0 aliphatic heterocycles. The molecule has 1 aromatic heterocycles. The molecule has 3 aromatic rings. The highest BCUT2D eigenvalue weighted by Crippen LogP contribution is 2.32. The van der Waals surface area contributed by atoms with Crippen molar-refractivity contribution in [1.82, 2.24) is 15.3 Å². The summed E-state index contributed by atoms with van der Waals surface area (Å²) in [6.45, 7) is 6.00. The van der Waals surface area contributed by atoms with Crippen LogP contribution in [0.1, 0.15) is 24.2 Å². The number of hydrogen-bond donors (Lipinski definition) is 4. The topological polar surface area (TPSA) is 112 Å². The van der Waals surface area contributed by atoms with Gasteiger partial charge in [0.1, 0.15) is 10.8 Å². The zero-order valence-electron chi connectivity index (χ0n) is 19.4. The minimum atomic E-state index is -0.321. The van der Waals surface area contributed by atoms with E-state index in [9.17, 15) is 4.79 Å². The SMILES string of the molecule is CCN(CC)c1ccc(Nc2ncc(Cl)c(Nc3ccccc3C(=O)NCCO)n2)c(OC)c1. The minimum absolute atomic E-state index is 0.145. The number of methoxy groups -OCH3 is 1. The van der Waals surface area contributed by atoms with Crippen LogP contribution >= 0.6 is 11.6 Å². The number of aliphatic hydroxyl groups excluding tert-OH is 1. The molecule has 1 amide bonds. The lowest BCUT2D eigenvalue weighted by Crippen LogP contribution is -2.27. The molecular weight excluding hydrogens is 456 g/mol. The average Bonchev–Trinajstić information content (AvgIpc) is 2.86. The highest BCUT2D eigenvalue weighted by molar-refractivity contribution is 6.33. The molecule has 0 aliphatic rings. The van der Waals surface area contributed by atoms with Gasteiger partial charge in [-0.3, -0.25) is 4.79 Å². The van der Waals surface area contributed by atoms with Crippen molar-refractivity contribution in [3.63, 3.8) is 0 Å². The number of para-hydroxylation sites is 1. The Hall–Kier alpha value is -3.56. The molecule has 10 heteroatoms. The molecule has 180 valence electrons. The van der Waals surface area contributed by atoms with Crippen LogP contribution in [-0.2, 0) is 0 Å². The zero-order chi connectivity index (χ0) is 24.5. The van der Waals surface area contributed by atoms with Crippen molar-refractivity contribution in [3.8, 4) is 5.75 Å². The summed E-state index contributed by atoms with van der Waals surface area (Å²) >= 11 is 6.33. The van der Waals surface area contributed by atoms with E-state index >= 15 is 0 Å². The van der Waals surface area contributed by atoms with Gasteiger partial charge in [-0.05, 0) is 38.1 Å². The second-order valence-electron chi connectivity index (χ2n) is 7.22. The standard InChI is InChI=1S/C24H29ClN6O3/c1-4-31(5-2)16-10-11-20(21(14-16)34-3)29-24-27-15-18(25)22(30-24)28-19-9-7-6-8-17(19)23(33)26-12-13-32/h6-11,14-15,32H,4-5,12-13H2,1-3H3,(H,26,33)(H2,27,28,29,30). The summed E-state index contributed by atoms with van der Waals surface area (Å²) in [5.41, 5.74) is 2.68. The number of anilines is 5. The van der Waals surface area contributed by atoms with Crippen LogP contribution in [0.15, 0.2) is 48.7 Å². The minimum Gasteiger partial charge on any atom is -0.494 e. The van der Waals surface area contributed by atoms with Gasteiger partial charge in [0.15, 0.2) is 5.82 Å². The van der Waals surface area contributed by atoms with E-state index in [1.807, 2.05) is 18.2 Å². The molecule has 0 atom stereocenters. The fourth-order valence-corrected chi connectivity index (χ4v) is 3.52. The molecule has 34 heavy (non-hydrogen) atoms. The van der Waals surface area contributed by atoms with E-state index in [0.29, 0.717) is 39.5 Å². The maximum atomic E-state index is 12.4. The molecule has 0 unspecified atom stereocenters. The number of rotatable bonds is 11. The second-order valence-corrected chi connectivity index (χ2v) is 7.63. The number of hydrogen-bond acceptors (Lipinski definition) is 8. The van der Waals surface area contributed by atoms with Gasteiger partial charge in [0.05, 0.1) is 36.9 Å². The van der Waals surface area contributed by atoms with E-state index in [1.165, 1.54) is 6.20 Å². The summed E-state index contributed by atoms with van der Waals surface area (Å²) in [7, 11) is 1.61. The van der Waals surface area contributed by atoms with Crippen molar-refractivity contribution in [2.45, 2.75) is 13.8 Å². The van der Waals surface area contributed by atoms with Gasteiger partial charge >= 0.3 is 0 Å². The highest BCUT2D eigenvalue weighted by atomic mass is 35.5. The van der Waals surface area contributed by atoms with Crippen molar-refractivity contribution in [2.75, 3.05) is 48.9 Å². The summed E-state index contributed by atoms with van der Waals surface area (Å²) in [4.78, 5) is 23.4. The lowest BCUT2D eigenvalue weighted by molar-refractivity contribution is 0.0945. The van der Waals surface area contributed by atoms with Crippen molar-refractivity contribution in [1.29, 1.82) is 0 Å². The lowest BCUT2D eigenvalue weighted by atomic mass is 10.1. The summed E-state index contributed by atoms with van der Waals surface area (Å²) < 4.78 is 5.57. The Balaban J connectivity index is 1.85. The van der Waals surface area contributed by atoms with E-state index in [4.69, 9.17) is 21.4 Å². The van der Waals surface area contributed by atoms with Crippen molar-refractivity contribution in [2.24, 2.45) is 0 Å². The first-order valence-electron chi connectivity index (χ1n) is 11.0. The predicted octanol–water partition coefficient (Wildman–Crippen LogP) is 4.19. The fourth-order valence-electron chi connectivity index (χ4n) is 3.39. The quantitative estimate of drug-likeness (QED) is 0.320. The van der Waals surface area contributed by atoms with Crippen LogP contribution < -0.4 is 25.6 Å². The second kappa shape index (κ2) is 12.1. The lowest BCUT2D eigenvalue weighted by Gasteiger charge is -2.22. The maximum absolute atomic E-state index is 12.4. The number of carbonyl (C=O) groups is 1. The summed E-state index contributed by atoms with van der Waals surface area (Å²) in [5.74, 6) is 0.977. The molecule has 4 N–H and O–H groups in total. The van der Waals surface area contributed by atoms with Crippen LogP contribution in [0.25, 0.3) is 0 Å². The van der Waals surface area contributed by atoms with Gasteiger partial charge < -0.3 is 30.7 Å². The van der Waals surface area contributed by atoms with Crippen molar-refractivity contribution >= 4 is 46.3 Å². The van der Waals surface area contributed by atoms with Gasteiger partial charge in [-0.25, -0.2) is 4.98 Å². The Morgan fingerprint density at radius 2 is 1.88 bits per heavy atom. The maximum Gasteiger partial charge on any atom is 0.253 e. The van der Waals surface area contributed by atoms with E-state index in [1.54, 1.807) is 31.4 Å². The first kappa shape index (κ1) is 25.1. The molecule has 0 bridgehead atoms. The molecule has 0 saturated carbocycles. The Morgan fingerprint density at radius 1 is 1.12 bits per heavy atom. The normalized spacial score (nSPS) is 10.5. The third-order valence-electron chi connectivity index (χ3n) is 5.13. The van der Waals surface area contributed by atoms with Gasteiger partial charge in [0.2, 0.25) is 5.95 Å². The number of ether oxygens (including phenoxy) is 1. The summed E-state index contributed by atoms with van der Waals surface area (Å²) in [6, 6.07) is 12.8. The van der Waals surface area contributed by atoms with Gasteiger partial charge in [-0.2, -0.15) is 4.98 Å². The summed E-state index contributed by atoms with van der Waals surface area (Å²) in [5, 5.41) is 18.2. The van der Waals surface area contributed by atoms with E-state index in [2.05, 4.69) is 44.7 Å². The highest BCUT2D eigenvalue weighted by Gasteiger charge is 2.14. The summed E-state index contributed by atoms with van der Waals surface area (Å²) in [6.07, 6.45) is 1.48. The Morgan fingerprint density at radius 3 is 2.59 bits per heavy atom. The molecule has 1 heterocycles. The Bertz CT molecular complexity index is 1120. The number of carbonyl (C=O) groups excluding carboxylic acids is 1. The number of benzene rings is 2. The van der Waals surface area contributed by atoms with Crippen LogP contribution in [0.4, 0.5) is 28.8 Å². The van der Waals surface area contributed by atoms with Crippen LogP contribution in [0.3, 0.4) is 0 Å². The third-order valence-corrected chi connectivity index (χ3v) is 5.40. The number of amides is 1. The molecule has 0 fully saturated rings. The number of aromatic nitrogens is 2. The monoisotopic (exact) mass is 484 g/mol. The Labute approximate surface area is 204 Å².